The van der Waals surface area contributed by atoms with Gasteiger partial charge in [-0.15, -0.1) is 0 Å². The fraction of sp³-hybridized carbons (Fsp3) is 0.375. The summed E-state index contributed by atoms with van der Waals surface area (Å²) in [5, 5.41) is 10.7. The molecule has 6 nitrogen and oxygen atoms in total. The average molecular weight is 534 g/mol. The lowest BCUT2D eigenvalue weighted by Gasteiger charge is -2.45. The first kappa shape index (κ1) is 28.5. The molecule has 1 fully saturated rings. The van der Waals surface area contributed by atoms with Gasteiger partial charge in [0.15, 0.2) is 11.6 Å². The minimum absolute atomic E-state index is 0.161. The minimum atomic E-state index is -1.05. The number of hydrogen-bond acceptors (Lipinski definition) is 6. The SMILES string of the molecule is COc1cccc(C(=O)[C@H]2CN(CC(C)(C)O)C[C@H](C(=O)c3cccc(OC)c3)C2c2cccc(F)c2C)c1. The van der Waals surface area contributed by atoms with Crippen molar-refractivity contribution in [2.24, 2.45) is 11.8 Å². The van der Waals surface area contributed by atoms with Crippen molar-refractivity contribution in [2.45, 2.75) is 32.3 Å². The molecule has 3 aromatic rings. The number of rotatable bonds is 9. The molecule has 1 heterocycles. The summed E-state index contributed by atoms with van der Waals surface area (Å²) in [7, 11) is 3.08. The summed E-state index contributed by atoms with van der Waals surface area (Å²) in [4.78, 5) is 30.4. The van der Waals surface area contributed by atoms with Crippen LogP contribution < -0.4 is 9.47 Å². The standard InChI is InChI=1S/C32H36FNO5/c1-20-25(13-8-14-28(20)33)29-26(30(35)21-9-6-11-23(15-21)38-4)17-34(19-32(2,3)37)18-27(29)31(36)22-10-7-12-24(16-22)39-5/h6-16,26-27,29,37H,17-19H2,1-5H3/t26-,27-/m0/s1. The lowest BCUT2D eigenvalue weighted by molar-refractivity contribution is 0.00598. The Kier molecular flexibility index (Phi) is 8.52. The highest BCUT2D eigenvalue weighted by Crippen LogP contribution is 2.43. The third kappa shape index (κ3) is 6.37. The number of ketones is 2. The third-order valence-electron chi connectivity index (χ3n) is 7.44. The van der Waals surface area contributed by atoms with E-state index in [4.69, 9.17) is 9.47 Å². The molecule has 0 amide bonds. The molecule has 0 radical (unpaired) electrons. The number of β-amino-alcohol motifs (C(OH)–C–C–N with tert-alkyl or cyclic N) is 1. The normalized spacial score (nSPS) is 18.5. The van der Waals surface area contributed by atoms with Crippen LogP contribution in [-0.4, -0.2) is 61.0 Å². The first-order valence-electron chi connectivity index (χ1n) is 13.1. The lowest BCUT2D eigenvalue weighted by atomic mass is 9.67. The molecule has 0 spiro atoms. The van der Waals surface area contributed by atoms with E-state index in [2.05, 4.69) is 0 Å². The quantitative estimate of drug-likeness (QED) is 0.375. The van der Waals surface area contributed by atoms with Gasteiger partial charge in [0.05, 0.1) is 19.8 Å². The molecule has 206 valence electrons. The van der Waals surface area contributed by atoms with Crippen LogP contribution in [-0.2, 0) is 0 Å². The van der Waals surface area contributed by atoms with Gasteiger partial charge in [-0.3, -0.25) is 14.5 Å². The van der Waals surface area contributed by atoms with Gasteiger partial charge in [-0.25, -0.2) is 4.39 Å². The fourth-order valence-electron chi connectivity index (χ4n) is 5.71. The molecule has 1 N–H and O–H groups in total. The molecule has 4 rings (SSSR count). The molecular weight excluding hydrogens is 497 g/mol. The fourth-order valence-corrected chi connectivity index (χ4v) is 5.71. The number of ether oxygens (including phenoxy) is 2. The number of piperidine rings is 1. The minimum Gasteiger partial charge on any atom is -0.497 e. The van der Waals surface area contributed by atoms with Crippen LogP contribution in [0.15, 0.2) is 66.7 Å². The van der Waals surface area contributed by atoms with Crippen LogP contribution in [0.3, 0.4) is 0 Å². The summed E-state index contributed by atoms with van der Waals surface area (Å²) < 4.78 is 25.6. The Balaban J connectivity index is 1.88. The van der Waals surface area contributed by atoms with Crippen LogP contribution in [0, 0.1) is 24.6 Å². The topological polar surface area (TPSA) is 76.1 Å². The third-order valence-corrected chi connectivity index (χ3v) is 7.44. The van der Waals surface area contributed by atoms with Crippen molar-refractivity contribution in [2.75, 3.05) is 33.9 Å². The van der Waals surface area contributed by atoms with Crippen molar-refractivity contribution in [3.05, 3.63) is 94.8 Å². The van der Waals surface area contributed by atoms with E-state index in [0.717, 1.165) is 0 Å². The molecule has 1 saturated heterocycles. The summed E-state index contributed by atoms with van der Waals surface area (Å²) in [5.74, 6) is -1.54. The number of benzene rings is 3. The maximum atomic E-state index is 14.9. The van der Waals surface area contributed by atoms with E-state index in [0.29, 0.717) is 46.8 Å². The van der Waals surface area contributed by atoms with Gasteiger partial charge in [0.2, 0.25) is 0 Å². The second kappa shape index (κ2) is 11.7. The van der Waals surface area contributed by atoms with Gasteiger partial charge < -0.3 is 14.6 Å². The van der Waals surface area contributed by atoms with Gasteiger partial charge in [0, 0.05) is 48.5 Å². The highest BCUT2D eigenvalue weighted by molar-refractivity contribution is 6.02. The molecule has 0 unspecified atom stereocenters. The molecule has 0 saturated carbocycles. The predicted octanol–water partition coefficient (Wildman–Crippen LogP) is 5.32. The van der Waals surface area contributed by atoms with Crippen LogP contribution in [0.25, 0.3) is 0 Å². The number of methoxy groups -OCH3 is 2. The van der Waals surface area contributed by atoms with Crippen molar-refractivity contribution < 1.29 is 28.6 Å². The van der Waals surface area contributed by atoms with Gasteiger partial charge in [-0.05, 0) is 62.2 Å². The van der Waals surface area contributed by atoms with Gasteiger partial charge in [-0.1, -0.05) is 36.4 Å². The molecule has 2 atom stereocenters. The van der Waals surface area contributed by atoms with Crippen molar-refractivity contribution in [1.29, 1.82) is 0 Å². The van der Waals surface area contributed by atoms with Crippen molar-refractivity contribution in [3.8, 4) is 11.5 Å². The number of likely N-dealkylation sites (tertiary alicyclic amines) is 1. The first-order chi connectivity index (χ1) is 18.5. The Labute approximate surface area is 229 Å². The maximum Gasteiger partial charge on any atom is 0.167 e. The van der Waals surface area contributed by atoms with Crippen molar-refractivity contribution in [3.63, 3.8) is 0 Å². The highest BCUT2D eigenvalue weighted by Gasteiger charge is 2.46. The molecule has 1 aliphatic rings. The predicted molar refractivity (Wildman–Crippen MR) is 148 cm³/mol. The number of carbonyl (C=O) groups excluding carboxylic acids is 2. The van der Waals surface area contributed by atoms with Gasteiger partial charge in [0.25, 0.3) is 0 Å². The number of aliphatic hydroxyl groups is 1. The molecule has 0 aromatic heterocycles. The summed E-state index contributed by atoms with van der Waals surface area (Å²) in [6.45, 7) is 5.98. The molecule has 0 aliphatic carbocycles. The Bertz CT molecular complexity index is 1280. The summed E-state index contributed by atoms with van der Waals surface area (Å²) >= 11 is 0. The number of hydrogen-bond donors (Lipinski definition) is 1. The van der Waals surface area contributed by atoms with Gasteiger partial charge in [0.1, 0.15) is 17.3 Å². The first-order valence-corrected chi connectivity index (χ1v) is 13.1. The molecule has 1 aliphatic heterocycles. The zero-order valence-electron chi connectivity index (χ0n) is 23.1. The van der Waals surface area contributed by atoms with E-state index >= 15 is 0 Å². The Morgan fingerprint density at radius 1 is 0.897 bits per heavy atom. The zero-order chi connectivity index (χ0) is 28.3. The Hall–Kier alpha value is -3.55. The van der Waals surface area contributed by atoms with Gasteiger partial charge >= 0.3 is 0 Å². The lowest BCUT2D eigenvalue weighted by Crippen LogP contribution is -2.53. The van der Waals surface area contributed by atoms with Crippen LogP contribution in [0.2, 0.25) is 0 Å². The van der Waals surface area contributed by atoms with Crippen LogP contribution in [0.5, 0.6) is 11.5 Å². The van der Waals surface area contributed by atoms with Crippen molar-refractivity contribution in [1.82, 2.24) is 4.90 Å². The van der Waals surface area contributed by atoms with Gasteiger partial charge in [-0.2, -0.15) is 0 Å². The number of nitrogens with zero attached hydrogens (tertiary/aromatic N) is 1. The van der Waals surface area contributed by atoms with E-state index in [9.17, 15) is 19.1 Å². The number of carbonyl (C=O) groups is 2. The smallest absolute Gasteiger partial charge is 0.167 e. The molecule has 3 aromatic carbocycles. The van der Waals surface area contributed by atoms with E-state index in [1.54, 1.807) is 75.4 Å². The highest BCUT2D eigenvalue weighted by atomic mass is 19.1. The number of Topliss-reactive ketones (excluding diaryl/α,β-unsaturated/α-hetero) is 2. The molecule has 39 heavy (non-hydrogen) atoms. The van der Waals surface area contributed by atoms with Crippen LogP contribution in [0.1, 0.15) is 51.6 Å². The Morgan fingerprint density at radius 2 is 1.38 bits per heavy atom. The second-order valence-corrected chi connectivity index (χ2v) is 10.9. The maximum absolute atomic E-state index is 14.9. The van der Waals surface area contributed by atoms with E-state index in [1.165, 1.54) is 20.3 Å². The van der Waals surface area contributed by atoms with E-state index in [1.807, 2.05) is 11.0 Å². The monoisotopic (exact) mass is 533 g/mol. The molecular formula is C32H36FNO5. The molecule has 0 bridgehead atoms. The largest absolute Gasteiger partial charge is 0.497 e. The second-order valence-electron chi connectivity index (χ2n) is 10.9. The average Bonchev–Trinajstić information content (AvgIpc) is 2.92. The summed E-state index contributed by atoms with van der Waals surface area (Å²) in [6, 6.07) is 18.7. The molecule has 7 heteroatoms. The van der Waals surface area contributed by atoms with E-state index in [-0.39, 0.29) is 23.9 Å². The number of halogens is 1. The van der Waals surface area contributed by atoms with Crippen LogP contribution >= 0.6 is 0 Å². The van der Waals surface area contributed by atoms with E-state index < -0.39 is 23.4 Å². The van der Waals surface area contributed by atoms with Crippen molar-refractivity contribution >= 4 is 11.6 Å². The van der Waals surface area contributed by atoms with Crippen LogP contribution in [0.4, 0.5) is 4.39 Å². The summed E-state index contributed by atoms with van der Waals surface area (Å²) in [5.41, 5.74) is 0.923. The Morgan fingerprint density at radius 3 is 1.85 bits per heavy atom. The zero-order valence-corrected chi connectivity index (χ0v) is 23.1. The summed E-state index contributed by atoms with van der Waals surface area (Å²) in [6.07, 6.45) is 0.